The molecule has 0 N–H and O–H groups in total. The minimum atomic E-state index is -0.0519. The molecular formula is C17H19BrN4O2. The van der Waals surface area contributed by atoms with Gasteiger partial charge in [-0.2, -0.15) is 0 Å². The Morgan fingerprint density at radius 1 is 1.21 bits per heavy atom. The second kappa shape index (κ2) is 7.17. The highest BCUT2D eigenvalue weighted by Gasteiger charge is 2.28. The second-order valence-corrected chi connectivity index (χ2v) is 6.83. The lowest BCUT2D eigenvalue weighted by atomic mass is 10.2. The molecule has 1 fully saturated rings. The molecule has 7 heteroatoms. The van der Waals surface area contributed by atoms with E-state index in [0.717, 1.165) is 16.7 Å². The van der Waals surface area contributed by atoms with E-state index in [0.29, 0.717) is 24.5 Å². The van der Waals surface area contributed by atoms with Crippen molar-refractivity contribution in [2.75, 3.05) is 32.1 Å². The van der Waals surface area contributed by atoms with Crippen molar-refractivity contribution in [3.05, 3.63) is 46.4 Å². The van der Waals surface area contributed by atoms with Crippen molar-refractivity contribution in [1.29, 1.82) is 0 Å². The Hall–Kier alpha value is -2.15. The first kappa shape index (κ1) is 16.7. The summed E-state index contributed by atoms with van der Waals surface area (Å²) in [6, 6.07) is 11.1. The van der Waals surface area contributed by atoms with Crippen LogP contribution in [-0.2, 0) is 0 Å². The van der Waals surface area contributed by atoms with Gasteiger partial charge in [0.1, 0.15) is 6.10 Å². The Bertz CT molecular complexity index is 704. The Kier molecular flexibility index (Phi) is 4.99. The molecule has 1 aliphatic heterocycles. The normalized spacial score (nSPS) is 17.0. The molecule has 3 rings (SSSR count). The van der Waals surface area contributed by atoms with Crippen LogP contribution in [0.25, 0.3) is 0 Å². The lowest BCUT2D eigenvalue weighted by molar-refractivity contribution is 0.0771. The van der Waals surface area contributed by atoms with Crippen LogP contribution < -0.4 is 9.64 Å². The Morgan fingerprint density at radius 2 is 1.96 bits per heavy atom. The predicted molar refractivity (Wildman–Crippen MR) is 95.4 cm³/mol. The number of hydrogen-bond donors (Lipinski definition) is 0. The molecule has 1 saturated heterocycles. The summed E-state index contributed by atoms with van der Waals surface area (Å²) in [5.41, 5.74) is 0.689. The zero-order valence-corrected chi connectivity index (χ0v) is 15.2. The van der Waals surface area contributed by atoms with E-state index in [9.17, 15) is 4.79 Å². The Labute approximate surface area is 149 Å². The van der Waals surface area contributed by atoms with Crippen molar-refractivity contribution >= 4 is 27.7 Å². The van der Waals surface area contributed by atoms with Crippen molar-refractivity contribution < 1.29 is 9.53 Å². The van der Waals surface area contributed by atoms with Gasteiger partial charge in [0.05, 0.1) is 6.54 Å². The van der Waals surface area contributed by atoms with E-state index in [-0.39, 0.29) is 12.0 Å². The van der Waals surface area contributed by atoms with E-state index in [1.807, 2.05) is 60.3 Å². The van der Waals surface area contributed by atoms with Crippen molar-refractivity contribution in [3.63, 3.8) is 0 Å². The number of nitrogens with zero attached hydrogens (tertiary/aromatic N) is 4. The third-order valence-corrected chi connectivity index (χ3v) is 4.42. The van der Waals surface area contributed by atoms with E-state index < -0.39 is 0 Å². The Balaban J connectivity index is 1.58. The van der Waals surface area contributed by atoms with Crippen LogP contribution in [0.3, 0.4) is 0 Å². The maximum Gasteiger partial charge on any atom is 0.253 e. The molecule has 24 heavy (non-hydrogen) atoms. The SMILES string of the molecule is CN(C)c1ccc(OC2CCN(C(=O)c3ccc(Br)cc3)C2)nn1. The van der Waals surface area contributed by atoms with Gasteiger partial charge in [-0.25, -0.2) is 0 Å². The van der Waals surface area contributed by atoms with Crippen molar-refractivity contribution in [2.24, 2.45) is 0 Å². The lowest BCUT2D eigenvalue weighted by Crippen LogP contribution is -2.31. The van der Waals surface area contributed by atoms with Crippen LogP contribution in [0.2, 0.25) is 0 Å². The van der Waals surface area contributed by atoms with Crippen LogP contribution in [-0.4, -0.2) is 54.3 Å². The number of carbonyl (C=O) groups is 1. The fraction of sp³-hybridized carbons (Fsp3) is 0.353. The first-order chi connectivity index (χ1) is 11.5. The van der Waals surface area contributed by atoms with Crippen molar-refractivity contribution in [2.45, 2.75) is 12.5 Å². The molecule has 0 radical (unpaired) electrons. The number of amides is 1. The zero-order valence-electron chi connectivity index (χ0n) is 13.6. The van der Waals surface area contributed by atoms with E-state index >= 15 is 0 Å². The van der Waals surface area contributed by atoms with Crippen molar-refractivity contribution in [3.8, 4) is 5.88 Å². The van der Waals surface area contributed by atoms with Gasteiger partial charge in [0.2, 0.25) is 5.88 Å². The van der Waals surface area contributed by atoms with Crippen LogP contribution in [0, 0.1) is 0 Å². The molecule has 1 aromatic heterocycles. The third-order valence-electron chi connectivity index (χ3n) is 3.90. The van der Waals surface area contributed by atoms with Gasteiger partial charge >= 0.3 is 0 Å². The fourth-order valence-corrected chi connectivity index (χ4v) is 2.83. The smallest absolute Gasteiger partial charge is 0.253 e. The fourth-order valence-electron chi connectivity index (χ4n) is 2.57. The van der Waals surface area contributed by atoms with Crippen LogP contribution in [0.5, 0.6) is 5.88 Å². The first-order valence-electron chi connectivity index (χ1n) is 7.75. The van der Waals surface area contributed by atoms with Gasteiger partial charge in [0.25, 0.3) is 5.91 Å². The summed E-state index contributed by atoms with van der Waals surface area (Å²) >= 11 is 3.38. The number of hydrogen-bond acceptors (Lipinski definition) is 5. The highest BCUT2D eigenvalue weighted by atomic mass is 79.9. The first-order valence-corrected chi connectivity index (χ1v) is 8.55. The van der Waals surface area contributed by atoms with Gasteiger partial charge in [-0.05, 0) is 30.3 Å². The average Bonchev–Trinajstić information content (AvgIpc) is 3.04. The number of ether oxygens (including phenoxy) is 1. The Morgan fingerprint density at radius 3 is 2.58 bits per heavy atom. The van der Waals surface area contributed by atoms with Crippen molar-refractivity contribution in [1.82, 2.24) is 15.1 Å². The minimum absolute atomic E-state index is 0.0302. The molecule has 6 nitrogen and oxygen atoms in total. The van der Waals surface area contributed by atoms with E-state index in [1.54, 1.807) is 0 Å². The molecular weight excluding hydrogens is 372 g/mol. The molecule has 0 bridgehead atoms. The van der Waals surface area contributed by atoms with Gasteiger partial charge in [-0.1, -0.05) is 15.9 Å². The van der Waals surface area contributed by atoms with Gasteiger partial charge < -0.3 is 14.5 Å². The molecule has 1 aliphatic rings. The van der Waals surface area contributed by atoms with Crippen LogP contribution >= 0.6 is 15.9 Å². The number of likely N-dealkylation sites (tertiary alicyclic amines) is 1. The predicted octanol–water partition coefficient (Wildman–Crippen LogP) is 2.60. The van der Waals surface area contributed by atoms with Crippen LogP contribution in [0.1, 0.15) is 16.8 Å². The summed E-state index contributed by atoms with van der Waals surface area (Å²) in [4.78, 5) is 16.2. The monoisotopic (exact) mass is 390 g/mol. The summed E-state index contributed by atoms with van der Waals surface area (Å²) in [6.45, 7) is 1.24. The highest BCUT2D eigenvalue weighted by Crippen LogP contribution is 2.20. The molecule has 1 atom stereocenters. The maximum atomic E-state index is 12.5. The van der Waals surface area contributed by atoms with Crippen LogP contribution in [0.4, 0.5) is 5.82 Å². The van der Waals surface area contributed by atoms with E-state index in [4.69, 9.17) is 4.74 Å². The average molecular weight is 391 g/mol. The topological polar surface area (TPSA) is 58.6 Å². The molecule has 126 valence electrons. The quantitative estimate of drug-likeness (QED) is 0.802. The van der Waals surface area contributed by atoms with E-state index in [2.05, 4.69) is 26.1 Å². The number of benzene rings is 1. The number of carbonyl (C=O) groups excluding carboxylic acids is 1. The molecule has 2 aromatic rings. The standard InChI is InChI=1S/C17H19BrN4O2/c1-21(2)15-7-8-16(20-19-15)24-14-9-10-22(11-14)17(23)12-3-5-13(18)6-4-12/h3-8,14H,9-11H2,1-2H3. The molecule has 1 unspecified atom stereocenters. The molecule has 1 aromatic carbocycles. The van der Waals surface area contributed by atoms with Gasteiger partial charge in [-0.15, -0.1) is 10.2 Å². The summed E-state index contributed by atoms with van der Waals surface area (Å²) < 4.78 is 6.81. The summed E-state index contributed by atoms with van der Waals surface area (Å²) in [7, 11) is 3.82. The summed E-state index contributed by atoms with van der Waals surface area (Å²) in [5, 5.41) is 8.17. The van der Waals surface area contributed by atoms with Crippen LogP contribution in [0.15, 0.2) is 40.9 Å². The second-order valence-electron chi connectivity index (χ2n) is 5.91. The molecule has 1 amide bonds. The number of halogens is 1. The minimum Gasteiger partial charge on any atom is -0.471 e. The highest BCUT2D eigenvalue weighted by molar-refractivity contribution is 9.10. The summed E-state index contributed by atoms with van der Waals surface area (Å²) in [5.74, 6) is 1.30. The summed E-state index contributed by atoms with van der Waals surface area (Å²) in [6.07, 6.45) is 0.739. The molecule has 0 aliphatic carbocycles. The lowest BCUT2D eigenvalue weighted by Gasteiger charge is -2.17. The third kappa shape index (κ3) is 3.84. The molecule has 0 saturated carbocycles. The molecule has 0 spiro atoms. The number of rotatable bonds is 4. The maximum absolute atomic E-state index is 12.5. The zero-order chi connectivity index (χ0) is 17.1. The number of anilines is 1. The number of aromatic nitrogens is 2. The molecule has 2 heterocycles. The van der Waals surface area contributed by atoms with Gasteiger partial charge in [0.15, 0.2) is 5.82 Å². The van der Waals surface area contributed by atoms with Gasteiger partial charge in [-0.3, -0.25) is 4.79 Å². The largest absolute Gasteiger partial charge is 0.471 e. The van der Waals surface area contributed by atoms with Gasteiger partial charge in [0, 0.05) is 43.2 Å². The van der Waals surface area contributed by atoms with E-state index in [1.165, 1.54) is 0 Å².